The van der Waals surface area contributed by atoms with Gasteiger partial charge in [-0.25, -0.2) is 4.98 Å². The topological polar surface area (TPSA) is 123 Å². The lowest BCUT2D eigenvalue weighted by atomic mass is 10.1. The van der Waals surface area contributed by atoms with Crippen molar-refractivity contribution in [3.63, 3.8) is 0 Å². The quantitative estimate of drug-likeness (QED) is 0.326. The van der Waals surface area contributed by atoms with E-state index < -0.39 is 0 Å². The van der Waals surface area contributed by atoms with Gasteiger partial charge < -0.3 is 15.0 Å². The molecule has 0 bridgehead atoms. The maximum absolute atomic E-state index is 12.9. The number of nitrogens with one attached hydrogen (secondary N) is 2. The molecular weight excluding hydrogens is 488 g/mol. The molecule has 0 spiro atoms. The van der Waals surface area contributed by atoms with Gasteiger partial charge in [0.2, 0.25) is 0 Å². The van der Waals surface area contributed by atoms with Gasteiger partial charge in [-0.05, 0) is 55.5 Å². The fraction of sp³-hybridized carbons (Fsp3) is 0.217. The van der Waals surface area contributed by atoms with E-state index in [-0.39, 0.29) is 17.7 Å². The number of thiazole rings is 1. The number of rotatable bonds is 7. The Morgan fingerprint density at radius 3 is 2.83 bits per heavy atom. The molecule has 0 radical (unpaired) electrons. The second kappa shape index (κ2) is 9.43. The molecule has 0 unspecified atom stereocenters. The largest absolute Gasteiger partial charge is 0.483 e. The Morgan fingerprint density at radius 1 is 1.23 bits per heavy atom. The number of benzene rings is 1. The van der Waals surface area contributed by atoms with Crippen molar-refractivity contribution in [1.29, 1.82) is 0 Å². The number of halogens is 1. The summed E-state index contributed by atoms with van der Waals surface area (Å²) in [6.45, 7) is 5.59. The summed E-state index contributed by atoms with van der Waals surface area (Å²) in [6, 6.07) is 10.7. The molecule has 5 aromatic rings. The van der Waals surface area contributed by atoms with E-state index in [0.717, 1.165) is 11.1 Å². The van der Waals surface area contributed by atoms with Crippen molar-refractivity contribution >= 4 is 39.0 Å². The van der Waals surface area contributed by atoms with Crippen LogP contribution in [0.4, 0.5) is 5.13 Å². The predicted molar refractivity (Wildman–Crippen MR) is 134 cm³/mol. The molecule has 5 rings (SSSR count). The molecule has 0 aliphatic rings. The highest BCUT2D eigenvalue weighted by atomic mass is 35.5. The number of aryl methyl sites for hydroxylation is 1. The van der Waals surface area contributed by atoms with Crippen molar-refractivity contribution in [3.8, 4) is 11.6 Å². The zero-order chi connectivity index (χ0) is 24.5. The molecule has 4 aromatic heterocycles. The highest BCUT2D eigenvalue weighted by Crippen LogP contribution is 2.33. The van der Waals surface area contributed by atoms with E-state index in [1.54, 1.807) is 29.9 Å². The molecule has 0 saturated heterocycles. The van der Waals surface area contributed by atoms with Gasteiger partial charge in [-0.1, -0.05) is 17.7 Å². The Bertz CT molecular complexity index is 1550. The third-order valence-electron chi connectivity index (χ3n) is 5.47. The van der Waals surface area contributed by atoms with Crippen molar-refractivity contribution in [1.82, 2.24) is 35.2 Å². The Hall–Kier alpha value is -3.83. The summed E-state index contributed by atoms with van der Waals surface area (Å²) >= 11 is 7.92. The van der Waals surface area contributed by atoms with Crippen LogP contribution in [0, 0.1) is 6.92 Å². The minimum atomic E-state index is -0.309. The molecule has 1 aromatic carbocycles. The van der Waals surface area contributed by atoms with Gasteiger partial charge in [0, 0.05) is 28.6 Å². The number of tetrazole rings is 1. The SMILES string of the molecule is Cc1nnnn1-c1csc(N[C@@H](C)c2cc3cc(Cl)c(O[C@H](C)c4ccccn4)cc3[nH]c2=O)n1. The number of ether oxygens (including phenoxy) is 1. The first kappa shape index (κ1) is 22.9. The molecule has 2 atom stereocenters. The van der Waals surface area contributed by atoms with E-state index in [2.05, 4.69) is 35.8 Å². The number of pyridine rings is 2. The van der Waals surface area contributed by atoms with Crippen LogP contribution >= 0.6 is 22.9 Å². The van der Waals surface area contributed by atoms with E-state index in [1.165, 1.54) is 11.3 Å². The number of fused-ring (bicyclic) bond motifs is 1. The average molecular weight is 509 g/mol. The molecule has 35 heavy (non-hydrogen) atoms. The van der Waals surface area contributed by atoms with E-state index in [4.69, 9.17) is 16.3 Å². The van der Waals surface area contributed by atoms with Gasteiger partial charge in [0.05, 0.1) is 22.3 Å². The fourth-order valence-electron chi connectivity index (χ4n) is 3.64. The van der Waals surface area contributed by atoms with Crippen molar-refractivity contribution in [2.75, 3.05) is 5.32 Å². The van der Waals surface area contributed by atoms with Crippen LogP contribution in [0.2, 0.25) is 5.02 Å². The number of aromatic amines is 1. The summed E-state index contributed by atoms with van der Waals surface area (Å²) in [5.41, 5.74) is 1.76. The number of aromatic nitrogens is 7. The van der Waals surface area contributed by atoms with E-state index in [1.807, 2.05) is 43.5 Å². The lowest BCUT2D eigenvalue weighted by molar-refractivity contribution is 0.222. The predicted octanol–water partition coefficient (Wildman–Crippen LogP) is 4.63. The summed E-state index contributed by atoms with van der Waals surface area (Å²) in [5.74, 6) is 1.72. The smallest absolute Gasteiger partial charge is 0.253 e. The fourth-order valence-corrected chi connectivity index (χ4v) is 4.62. The third-order valence-corrected chi connectivity index (χ3v) is 6.53. The van der Waals surface area contributed by atoms with Gasteiger partial charge in [0.25, 0.3) is 5.56 Å². The zero-order valence-electron chi connectivity index (χ0n) is 19.1. The van der Waals surface area contributed by atoms with Gasteiger partial charge in [0.1, 0.15) is 11.9 Å². The molecular formula is C23H21ClN8O2S. The maximum Gasteiger partial charge on any atom is 0.253 e. The van der Waals surface area contributed by atoms with Crippen molar-refractivity contribution in [2.45, 2.75) is 32.9 Å². The van der Waals surface area contributed by atoms with Crippen LogP contribution in [-0.4, -0.2) is 35.2 Å². The van der Waals surface area contributed by atoms with E-state index in [0.29, 0.717) is 38.6 Å². The first-order valence-corrected chi connectivity index (χ1v) is 12.1. The molecule has 4 heterocycles. The van der Waals surface area contributed by atoms with Crippen molar-refractivity contribution in [2.24, 2.45) is 0 Å². The number of H-pyrrole nitrogens is 1. The monoisotopic (exact) mass is 508 g/mol. The van der Waals surface area contributed by atoms with Crippen LogP contribution in [0.3, 0.4) is 0 Å². The summed E-state index contributed by atoms with van der Waals surface area (Å²) in [5, 5.41) is 18.4. The Morgan fingerprint density at radius 2 is 2.09 bits per heavy atom. The van der Waals surface area contributed by atoms with E-state index >= 15 is 0 Å². The van der Waals surface area contributed by atoms with Crippen molar-refractivity contribution in [3.05, 3.63) is 80.4 Å². The Balaban J connectivity index is 1.38. The van der Waals surface area contributed by atoms with Gasteiger partial charge >= 0.3 is 0 Å². The van der Waals surface area contributed by atoms with E-state index in [9.17, 15) is 4.79 Å². The average Bonchev–Trinajstić information content (AvgIpc) is 3.48. The van der Waals surface area contributed by atoms with Crippen LogP contribution in [-0.2, 0) is 0 Å². The van der Waals surface area contributed by atoms with Crippen molar-refractivity contribution < 1.29 is 4.74 Å². The number of nitrogens with zero attached hydrogens (tertiary/aromatic N) is 6. The normalized spacial score (nSPS) is 13.0. The third kappa shape index (κ3) is 4.73. The Labute approximate surface area is 209 Å². The zero-order valence-corrected chi connectivity index (χ0v) is 20.6. The van der Waals surface area contributed by atoms with Gasteiger partial charge in [-0.3, -0.25) is 9.78 Å². The Kier molecular flexibility index (Phi) is 6.18. The van der Waals surface area contributed by atoms with Gasteiger partial charge in [0.15, 0.2) is 16.8 Å². The molecule has 2 N–H and O–H groups in total. The highest BCUT2D eigenvalue weighted by Gasteiger charge is 2.17. The standard InChI is InChI=1S/C23H21ClN8O2S/c1-12(26-23-28-21(11-35-23)32-14(3)29-30-31-32)16-8-15-9-17(24)20(10-19(15)27-22(16)33)34-13(2)18-6-4-5-7-25-18/h4-13H,1-3H3,(H,26,28)(H,27,33)/t12-,13+/m0/s1. The van der Waals surface area contributed by atoms with Gasteiger partial charge in [-0.15, -0.1) is 16.4 Å². The lowest BCUT2D eigenvalue weighted by Crippen LogP contribution is -2.19. The number of hydrogen-bond acceptors (Lipinski definition) is 9. The number of hydrogen-bond donors (Lipinski definition) is 2. The summed E-state index contributed by atoms with van der Waals surface area (Å²) < 4.78 is 7.57. The lowest BCUT2D eigenvalue weighted by Gasteiger charge is -2.17. The van der Waals surface area contributed by atoms with Crippen LogP contribution in [0.25, 0.3) is 16.7 Å². The minimum Gasteiger partial charge on any atom is -0.483 e. The molecule has 0 saturated carbocycles. The first-order chi connectivity index (χ1) is 16.9. The van der Waals surface area contributed by atoms with Crippen LogP contribution in [0.15, 0.2) is 52.8 Å². The second-order valence-corrected chi connectivity index (χ2v) is 9.22. The number of anilines is 1. The summed E-state index contributed by atoms with van der Waals surface area (Å²) in [4.78, 5) is 24.7. The highest BCUT2D eigenvalue weighted by molar-refractivity contribution is 7.13. The molecule has 12 heteroatoms. The molecule has 0 fully saturated rings. The maximum atomic E-state index is 12.9. The van der Waals surface area contributed by atoms with Crippen LogP contribution < -0.4 is 15.6 Å². The molecule has 0 aliphatic heterocycles. The summed E-state index contributed by atoms with van der Waals surface area (Å²) in [7, 11) is 0. The second-order valence-electron chi connectivity index (χ2n) is 7.95. The molecule has 10 nitrogen and oxygen atoms in total. The molecule has 0 aliphatic carbocycles. The molecule has 178 valence electrons. The van der Waals surface area contributed by atoms with Gasteiger partial charge in [-0.2, -0.15) is 4.68 Å². The minimum absolute atomic E-state index is 0.211. The van der Waals surface area contributed by atoms with Crippen LogP contribution in [0.1, 0.15) is 43.1 Å². The van der Waals surface area contributed by atoms with Crippen LogP contribution in [0.5, 0.6) is 5.75 Å². The first-order valence-electron chi connectivity index (χ1n) is 10.8. The molecule has 0 amide bonds. The summed E-state index contributed by atoms with van der Waals surface area (Å²) in [6.07, 6.45) is 1.41.